The van der Waals surface area contributed by atoms with Crippen LogP contribution in [0.5, 0.6) is 0 Å². The van der Waals surface area contributed by atoms with E-state index < -0.39 is 0 Å². The fraction of sp³-hybridized carbons (Fsp3) is 0.600. The molecule has 0 atom stereocenters. The summed E-state index contributed by atoms with van der Waals surface area (Å²) < 4.78 is 0. The molecule has 1 aliphatic heterocycles. The molecule has 0 bridgehead atoms. The van der Waals surface area contributed by atoms with Gasteiger partial charge in [-0.1, -0.05) is 11.6 Å². The van der Waals surface area contributed by atoms with Crippen LogP contribution in [0.15, 0.2) is 6.20 Å². The zero-order chi connectivity index (χ0) is 12.3. The van der Waals surface area contributed by atoms with Crippen LogP contribution in [0.25, 0.3) is 0 Å². The van der Waals surface area contributed by atoms with Crippen molar-refractivity contribution in [2.45, 2.75) is 18.9 Å². The highest BCUT2D eigenvalue weighted by molar-refractivity contribution is 6.32. The van der Waals surface area contributed by atoms with E-state index in [1.807, 2.05) is 0 Å². The van der Waals surface area contributed by atoms with Crippen molar-refractivity contribution in [1.82, 2.24) is 14.9 Å². The van der Waals surface area contributed by atoms with Crippen molar-refractivity contribution < 1.29 is 0 Å². The highest BCUT2D eigenvalue weighted by atomic mass is 35.5. The van der Waals surface area contributed by atoms with Gasteiger partial charge < -0.3 is 10.2 Å². The number of nitrogens with one attached hydrogen (secondary N) is 2. The molecule has 17 heavy (non-hydrogen) atoms. The average molecular weight is 257 g/mol. The third-order valence-electron chi connectivity index (χ3n) is 2.93. The van der Waals surface area contributed by atoms with Gasteiger partial charge in [-0.2, -0.15) is 4.98 Å². The lowest BCUT2D eigenvalue weighted by molar-refractivity contribution is 0.263. The van der Waals surface area contributed by atoms with Gasteiger partial charge in [0.25, 0.3) is 0 Å². The van der Waals surface area contributed by atoms with Gasteiger partial charge in [0.2, 0.25) is 5.95 Å². The first-order valence-corrected chi connectivity index (χ1v) is 6.01. The number of halogens is 1. The second-order valence-corrected chi connectivity index (χ2v) is 4.66. The molecule has 2 heterocycles. The van der Waals surface area contributed by atoms with E-state index in [9.17, 15) is 0 Å². The summed E-state index contributed by atoms with van der Waals surface area (Å²) in [5.41, 5.74) is 2.41. The van der Waals surface area contributed by atoms with E-state index in [-0.39, 0.29) is 0 Å². The molecule has 1 aliphatic rings. The molecule has 94 valence electrons. The van der Waals surface area contributed by atoms with E-state index in [0.717, 1.165) is 25.9 Å². The van der Waals surface area contributed by atoms with E-state index in [2.05, 4.69) is 32.7 Å². The summed E-state index contributed by atoms with van der Waals surface area (Å²) in [4.78, 5) is 10.4. The molecule has 0 aromatic carbocycles. The van der Waals surface area contributed by atoms with Gasteiger partial charge in [0.1, 0.15) is 5.02 Å². The monoisotopic (exact) mass is 256 g/mol. The Hall–Kier alpha value is -1.11. The molecule has 1 saturated heterocycles. The standard InChI is InChI=1S/C10H17ClN6/c1-17-4-2-7(3-5-17)14-9-8(11)6-13-10(15-9)16-12/h6-7H,2-5,12H2,1H3,(H2,13,14,15,16). The molecule has 1 aromatic heterocycles. The SMILES string of the molecule is CN1CCC(Nc2nc(NN)ncc2Cl)CC1. The Labute approximate surface area is 106 Å². The van der Waals surface area contributed by atoms with Gasteiger partial charge in [0, 0.05) is 6.04 Å². The van der Waals surface area contributed by atoms with Crippen molar-refractivity contribution in [3.63, 3.8) is 0 Å². The molecule has 0 unspecified atom stereocenters. The number of hydrogen-bond donors (Lipinski definition) is 3. The molecule has 0 amide bonds. The predicted molar refractivity (Wildman–Crippen MR) is 69.0 cm³/mol. The number of nitrogens with zero attached hydrogens (tertiary/aromatic N) is 3. The second-order valence-electron chi connectivity index (χ2n) is 4.26. The Morgan fingerprint density at radius 3 is 2.82 bits per heavy atom. The number of likely N-dealkylation sites (tertiary alicyclic amines) is 1. The maximum Gasteiger partial charge on any atom is 0.239 e. The highest BCUT2D eigenvalue weighted by Gasteiger charge is 2.18. The summed E-state index contributed by atoms with van der Waals surface area (Å²) in [6.45, 7) is 2.17. The summed E-state index contributed by atoms with van der Waals surface area (Å²) >= 11 is 6.03. The lowest BCUT2D eigenvalue weighted by atomic mass is 10.1. The minimum Gasteiger partial charge on any atom is -0.366 e. The Kier molecular flexibility index (Phi) is 3.98. The molecule has 6 nitrogen and oxygen atoms in total. The van der Waals surface area contributed by atoms with Crippen LogP contribution in [0, 0.1) is 0 Å². The van der Waals surface area contributed by atoms with Crippen LogP contribution >= 0.6 is 11.6 Å². The van der Waals surface area contributed by atoms with Gasteiger partial charge in [-0.15, -0.1) is 0 Å². The van der Waals surface area contributed by atoms with Crippen LogP contribution in [0.4, 0.5) is 11.8 Å². The van der Waals surface area contributed by atoms with Gasteiger partial charge in [-0.25, -0.2) is 10.8 Å². The molecule has 0 saturated carbocycles. The summed E-state index contributed by atoms with van der Waals surface area (Å²) in [5.74, 6) is 6.28. The van der Waals surface area contributed by atoms with E-state index >= 15 is 0 Å². The van der Waals surface area contributed by atoms with Crippen LogP contribution in [0.2, 0.25) is 5.02 Å². The van der Waals surface area contributed by atoms with Gasteiger partial charge in [0.15, 0.2) is 5.82 Å². The lowest BCUT2D eigenvalue weighted by Gasteiger charge is -2.29. The topological polar surface area (TPSA) is 79.1 Å². The van der Waals surface area contributed by atoms with Crippen molar-refractivity contribution in [1.29, 1.82) is 0 Å². The van der Waals surface area contributed by atoms with Crippen LogP contribution in [-0.4, -0.2) is 41.0 Å². The number of nitrogens with two attached hydrogens (primary N) is 1. The van der Waals surface area contributed by atoms with Crippen molar-refractivity contribution >= 4 is 23.4 Å². The Bertz CT molecular complexity index is 377. The highest BCUT2D eigenvalue weighted by Crippen LogP contribution is 2.22. The molecule has 2 rings (SSSR count). The molecular formula is C10H17ClN6. The summed E-state index contributed by atoms with van der Waals surface area (Å²) in [5, 5.41) is 3.86. The minimum absolute atomic E-state index is 0.366. The van der Waals surface area contributed by atoms with Gasteiger partial charge in [-0.3, -0.25) is 5.43 Å². The molecule has 0 aliphatic carbocycles. The third kappa shape index (κ3) is 3.18. The molecule has 1 aromatic rings. The summed E-state index contributed by atoms with van der Waals surface area (Å²) in [6.07, 6.45) is 3.71. The first-order chi connectivity index (χ1) is 8.19. The fourth-order valence-electron chi connectivity index (χ4n) is 1.88. The molecule has 7 heteroatoms. The Morgan fingerprint density at radius 2 is 2.18 bits per heavy atom. The molecule has 0 spiro atoms. The molecule has 0 radical (unpaired) electrons. The third-order valence-corrected chi connectivity index (χ3v) is 3.21. The quantitative estimate of drug-likeness (QED) is 0.551. The van der Waals surface area contributed by atoms with Gasteiger partial charge in [0.05, 0.1) is 6.20 Å². The van der Waals surface area contributed by atoms with Crippen LogP contribution in [0.1, 0.15) is 12.8 Å². The fourth-order valence-corrected chi connectivity index (χ4v) is 2.03. The van der Waals surface area contributed by atoms with Crippen molar-refractivity contribution in [3.8, 4) is 0 Å². The van der Waals surface area contributed by atoms with E-state index in [0.29, 0.717) is 22.8 Å². The van der Waals surface area contributed by atoms with Crippen LogP contribution in [-0.2, 0) is 0 Å². The largest absolute Gasteiger partial charge is 0.366 e. The number of piperidine rings is 1. The number of hydrogen-bond acceptors (Lipinski definition) is 6. The lowest BCUT2D eigenvalue weighted by Crippen LogP contribution is -2.37. The Balaban J connectivity index is 2.02. The number of rotatable bonds is 3. The molecule has 1 fully saturated rings. The number of nitrogen functional groups attached to an aromatic ring is 1. The second kappa shape index (κ2) is 5.48. The first-order valence-electron chi connectivity index (χ1n) is 5.63. The number of aromatic nitrogens is 2. The summed E-state index contributed by atoms with van der Waals surface area (Å²) in [6, 6.07) is 0.407. The maximum absolute atomic E-state index is 6.03. The zero-order valence-electron chi connectivity index (χ0n) is 9.78. The van der Waals surface area contributed by atoms with Gasteiger partial charge in [-0.05, 0) is 33.0 Å². The maximum atomic E-state index is 6.03. The molecular weight excluding hydrogens is 240 g/mol. The van der Waals surface area contributed by atoms with E-state index in [4.69, 9.17) is 17.4 Å². The number of hydrazine groups is 1. The average Bonchev–Trinajstić information content (AvgIpc) is 2.35. The van der Waals surface area contributed by atoms with E-state index in [1.54, 1.807) is 6.20 Å². The number of anilines is 2. The predicted octanol–water partition coefficient (Wildman–Crippen LogP) is 0.922. The smallest absolute Gasteiger partial charge is 0.239 e. The van der Waals surface area contributed by atoms with Crippen LogP contribution < -0.4 is 16.6 Å². The van der Waals surface area contributed by atoms with Crippen molar-refractivity contribution in [3.05, 3.63) is 11.2 Å². The van der Waals surface area contributed by atoms with Crippen molar-refractivity contribution in [2.24, 2.45) is 5.84 Å². The summed E-state index contributed by atoms with van der Waals surface area (Å²) in [7, 11) is 2.13. The normalized spacial score (nSPS) is 18.1. The minimum atomic E-state index is 0.366. The zero-order valence-corrected chi connectivity index (χ0v) is 10.5. The Morgan fingerprint density at radius 1 is 1.47 bits per heavy atom. The van der Waals surface area contributed by atoms with Crippen LogP contribution in [0.3, 0.4) is 0 Å². The van der Waals surface area contributed by atoms with Gasteiger partial charge >= 0.3 is 0 Å². The first kappa shape index (κ1) is 12.3. The van der Waals surface area contributed by atoms with Crippen molar-refractivity contribution in [2.75, 3.05) is 30.9 Å². The van der Waals surface area contributed by atoms with E-state index in [1.165, 1.54) is 0 Å². The molecule has 4 N–H and O–H groups in total.